The van der Waals surface area contributed by atoms with Crippen molar-refractivity contribution in [3.8, 4) is 0 Å². The van der Waals surface area contributed by atoms with E-state index in [1.54, 1.807) is 18.2 Å². The Morgan fingerprint density at radius 3 is 2.82 bits per heavy atom. The molecule has 22 heavy (non-hydrogen) atoms. The van der Waals surface area contributed by atoms with Gasteiger partial charge in [-0.3, -0.25) is 4.79 Å². The maximum atomic E-state index is 12.0. The normalized spacial score (nSPS) is 24.6. The Hall–Kier alpha value is -1.55. The summed E-state index contributed by atoms with van der Waals surface area (Å²) in [5, 5.41) is 3.44. The molecule has 3 atom stereocenters. The summed E-state index contributed by atoms with van der Waals surface area (Å²) in [7, 11) is 0. The average Bonchev–Trinajstić information content (AvgIpc) is 2.49. The molecule has 0 spiro atoms. The molecule has 0 radical (unpaired) electrons. The monoisotopic (exact) mass is 323 g/mol. The Labute approximate surface area is 136 Å². The van der Waals surface area contributed by atoms with E-state index >= 15 is 0 Å². The van der Waals surface area contributed by atoms with Gasteiger partial charge in [0, 0.05) is 11.1 Å². The molecule has 1 aromatic carbocycles. The van der Waals surface area contributed by atoms with Crippen LogP contribution in [0.3, 0.4) is 0 Å². The summed E-state index contributed by atoms with van der Waals surface area (Å²) in [6, 6.07) is 6.64. The number of benzene rings is 1. The van der Waals surface area contributed by atoms with Crippen molar-refractivity contribution in [2.24, 2.45) is 11.8 Å². The Balaban J connectivity index is 1.81. The molecule has 0 heterocycles. The van der Waals surface area contributed by atoms with Crippen molar-refractivity contribution in [3.63, 3.8) is 0 Å². The first-order valence-corrected chi connectivity index (χ1v) is 8.07. The van der Waals surface area contributed by atoms with Gasteiger partial charge in [-0.1, -0.05) is 44.4 Å². The van der Waals surface area contributed by atoms with Crippen LogP contribution in [0.2, 0.25) is 5.02 Å². The second kappa shape index (κ2) is 7.63. The number of carbonyl (C=O) groups is 2. The number of amides is 1. The zero-order valence-electron chi connectivity index (χ0n) is 13.0. The molecule has 4 nitrogen and oxygen atoms in total. The van der Waals surface area contributed by atoms with Gasteiger partial charge < -0.3 is 10.1 Å². The Morgan fingerprint density at radius 1 is 1.32 bits per heavy atom. The van der Waals surface area contributed by atoms with Crippen LogP contribution in [0.15, 0.2) is 24.3 Å². The molecule has 1 amide bonds. The highest BCUT2D eigenvalue weighted by atomic mass is 35.5. The lowest BCUT2D eigenvalue weighted by atomic mass is 9.78. The van der Waals surface area contributed by atoms with Crippen LogP contribution in [0.1, 0.15) is 43.5 Å². The first kappa shape index (κ1) is 16.8. The minimum Gasteiger partial charge on any atom is -0.452 e. The van der Waals surface area contributed by atoms with Crippen LogP contribution in [0.5, 0.6) is 0 Å². The molecule has 1 fully saturated rings. The second-order valence-electron chi connectivity index (χ2n) is 6.03. The first-order chi connectivity index (χ1) is 10.5. The molecule has 1 aromatic rings. The summed E-state index contributed by atoms with van der Waals surface area (Å²) in [6.45, 7) is 4.11. The number of ether oxygens (including phenoxy) is 1. The average molecular weight is 324 g/mol. The third-order valence-corrected chi connectivity index (χ3v) is 4.68. The van der Waals surface area contributed by atoms with Crippen molar-refractivity contribution in [1.82, 2.24) is 5.32 Å². The zero-order chi connectivity index (χ0) is 16.1. The van der Waals surface area contributed by atoms with Crippen molar-refractivity contribution in [1.29, 1.82) is 0 Å². The van der Waals surface area contributed by atoms with Crippen LogP contribution in [0, 0.1) is 11.8 Å². The van der Waals surface area contributed by atoms with E-state index in [2.05, 4.69) is 19.2 Å². The lowest BCUT2D eigenvalue weighted by Gasteiger charge is -2.34. The van der Waals surface area contributed by atoms with Crippen molar-refractivity contribution < 1.29 is 14.3 Å². The molecule has 1 saturated carbocycles. The molecule has 0 bridgehead atoms. The number of hydrogen-bond donors (Lipinski definition) is 1. The largest absolute Gasteiger partial charge is 0.452 e. The quantitative estimate of drug-likeness (QED) is 0.864. The van der Waals surface area contributed by atoms with Crippen LogP contribution in [-0.4, -0.2) is 24.5 Å². The zero-order valence-corrected chi connectivity index (χ0v) is 13.7. The number of rotatable bonds is 4. The fourth-order valence-corrected chi connectivity index (χ4v) is 3.05. The van der Waals surface area contributed by atoms with Crippen LogP contribution in [0.4, 0.5) is 0 Å². The Kier molecular flexibility index (Phi) is 5.83. The topological polar surface area (TPSA) is 55.4 Å². The van der Waals surface area contributed by atoms with E-state index in [1.807, 2.05) is 0 Å². The molecule has 1 N–H and O–H groups in total. The molecule has 0 aromatic heterocycles. The van der Waals surface area contributed by atoms with Crippen LogP contribution in [0.25, 0.3) is 0 Å². The minimum atomic E-state index is -0.539. The molecule has 120 valence electrons. The van der Waals surface area contributed by atoms with Crippen LogP contribution < -0.4 is 5.32 Å². The second-order valence-corrected chi connectivity index (χ2v) is 6.46. The van der Waals surface area contributed by atoms with E-state index in [4.69, 9.17) is 16.3 Å². The molecule has 0 aliphatic heterocycles. The molecular formula is C17H22ClNO3. The van der Waals surface area contributed by atoms with Gasteiger partial charge in [-0.15, -0.1) is 0 Å². The maximum Gasteiger partial charge on any atom is 0.338 e. The highest BCUT2D eigenvalue weighted by Gasteiger charge is 2.28. The molecule has 1 aliphatic rings. The summed E-state index contributed by atoms with van der Waals surface area (Å²) >= 11 is 5.82. The van der Waals surface area contributed by atoms with Crippen molar-refractivity contribution in [3.05, 3.63) is 34.9 Å². The maximum absolute atomic E-state index is 12.0. The van der Waals surface area contributed by atoms with E-state index < -0.39 is 5.97 Å². The molecule has 2 rings (SSSR count). The summed E-state index contributed by atoms with van der Waals surface area (Å²) < 4.78 is 5.04. The molecule has 0 saturated heterocycles. The highest BCUT2D eigenvalue weighted by molar-refractivity contribution is 6.30. The van der Waals surface area contributed by atoms with Gasteiger partial charge in [0.1, 0.15) is 0 Å². The smallest absolute Gasteiger partial charge is 0.338 e. The summed E-state index contributed by atoms with van der Waals surface area (Å²) in [6.07, 6.45) is 3.32. The summed E-state index contributed by atoms with van der Waals surface area (Å²) in [4.78, 5) is 23.8. The fraction of sp³-hybridized carbons (Fsp3) is 0.529. The molecule has 0 unspecified atom stereocenters. The molecule has 1 aliphatic carbocycles. The van der Waals surface area contributed by atoms with E-state index in [9.17, 15) is 9.59 Å². The number of esters is 1. The highest BCUT2D eigenvalue weighted by Crippen LogP contribution is 2.29. The number of nitrogens with one attached hydrogen (secondary N) is 1. The summed E-state index contributed by atoms with van der Waals surface area (Å²) in [5.74, 6) is 0.262. The third-order valence-electron chi connectivity index (χ3n) is 4.45. The lowest BCUT2D eigenvalue weighted by Crippen LogP contribution is -2.45. The number of hydrogen-bond acceptors (Lipinski definition) is 3. The van der Waals surface area contributed by atoms with Gasteiger partial charge >= 0.3 is 5.97 Å². The van der Waals surface area contributed by atoms with E-state index in [0.29, 0.717) is 22.4 Å². The SMILES string of the molecule is C[C@@H]1[C@H](C)CCC[C@@H]1NC(=O)COC(=O)c1cccc(Cl)c1. The van der Waals surface area contributed by atoms with Gasteiger partial charge in [0.2, 0.25) is 0 Å². The van der Waals surface area contributed by atoms with E-state index in [1.165, 1.54) is 12.5 Å². The van der Waals surface area contributed by atoms with Gasteiger partial charge in [-0.2, -0.15) is 0 Å². The van der Waals surface area contributed by atoms with Gasteiger partial charge in [-0.25, -0.2) is 4.79 Å². The lowest BCUT2D eigenvalue weighted by molar-refractivity contribution is -0.125. The molecular weight excluding hydrogens is 302 g/mol. The third kappa shape index (κ3) is 4.47. The Morgan fingerprint density at radius 2 is 2.09 bits per heavy atom. The van der Waals surface area contributed by atoms with Gasteiger partial charge in [0.15, 0.2) is 6.61 Å². The van der Waals surface area contributed by atoms with Crippen LogP contribution in [-0.2, 0) is 9.53 Å². The van der Waals surface area contributed by atoms with E-state index in [0.717, 1.165) is 12.8 Å². The van der Waals surface area contributed by atoms with Crippen molar-refractivity contribution >= 4 is 23.5 Å². The Bertz CT molecular complexity index is 546. The van der Waals surface area contributed by atoms with Crippen LogP contribution >= 0.6 is 11.6 Å². The minimum absolute atomic E-state index is 0.168. The van der Waals surface area contributed by atoms with Crippen molar-refractivity contribution in [2.75, 3.05) is 6.61 Å². The predicted molar refractivity (Wildman–Crippen MR) is 85.8 cm³/mol. The van der Waals surface area contributed by atoms with E-state index in [-0.39, 0.29) is 18.6 Å². The summed E-state index contributed by atoms with van der Waals surface area (Å²) in [5.41, 5.74) is 0.347. The van der Waals surface area contributed by atoms with Crippen molar-refractivity contribution in [2.45, 2.75) is 39.2 Å². The standard InChI is InChI=1S/C17H22ClNO3/c1-11-5-3-8-15(12(11)2)19-16(20)10-22-17(21)13-6-4-7-14(18)9-13/h4,6-7,9,11-12,15H,3,5,8,10H2,1-2H3,(H,19,20)/t11-,12-,15+/m1/s1. The first-order valence-electron chi connectivity index (χ1n) is 7.69. The molecule has 5 heteroatoms. The van der Waals surface area contributed by atoms with Gasteiger partial charge in [-0.05, 0) is 36.5 Å². The van der Waals surface area contributed by atoms with Gasteiger partial charge in [0.25, 0.3) is 5.91 Å². The van der Waals surface area contributed by atoms with Gasteiger partial charge in [0.05, 0.1) is 5.56 Å². The number of halogens is 1. The fourth-order valence-electron chi connectivity index (χ4n) is 2.86. The number of carbonyl (C=O) groups excluding carboxylic acids is 2. The predicted octanol–water partition coefficient (Wildman–Crippen LogP) is 3.44.